The summed E-state index contributed by atoms with van der Waals surface area (Å²) in [7, 11) is 0. The first-order chi connectivity index (χ1) is 11.6. The van der Waals surface area contributed by atoms with E-state index in [0.29, 0.717) is 18.4 Å². The average molecular weight is 350 g/mol. The van der Waals surface area contributed by atoms with Crippen LogP contribution in [-0.2, 0) is 0 Å². The van der Waals surface area contributed by atoms with E-state index in [-0.39, 0.29) is 18.6 Å². The van der Waals surface area contributed by atoms with Crippen molar-refractivity contribution in [1.29, 1.82) is 0 Å². The summed E-state index contributed by atoms with van der Waals surface area (Å²) in [6.45, 7) is 3.68. The predicted molar refractivity (Wildman–Crippen MR) is 95.3 cm³/mol. The number of anilines is 1. The highest BCUT2D eigenvalue weighted by molar-refractivity contribution is 7.13. The van der Waals surface area contributed by atoms with Gasteiger partial charge in [-0.1, -0.05) is 13.3 Å². The maximum atomic E-state index is 12.5. The number of urea groups is 1. The van der Waals surface area contributed by atoms with Gasteiger partial charge in [-0.25, -0.2) is 9.78 Å². The van der Waals surface area contributed by atoms with Gasteiger partial charge in [0.05, 0.1) is 5.69 Å². The fraction of sp³-hybridized carbons (Fsp3) is 0.778. The van der Waals surface area contributed by atoms with E-state index in [1.165, 1.54) is 31.4 Å². The zero-order valence-electron chi connectivity index (χ0n) is 14.3. The molecule has 1 aromatic rings. The Bertz CT molecular complexity index is 605. The molecule has 0 radical (unpaired) electrons. The molecule has 0 aromatic carbocycles. The van der Waals surface area contributed by atoms with Crippen molar-refractivity contribution in [2.45, 2.75) is 44.9 Å². The van der Waals surface area contributed by atoms with Gasteiger partial charge >= 0.3 is 6.03 Å². The molecule has 1 aromatic heterocycles. The van der Waals surface area contributed by atoms with Crippen molar-refractivity contribution in [3.05, 3.63) is 11.1 Å². The summed E-state index contributed by atoms with van der Waals surface area (Å²) in [6, 6.07) is -0.0751. The minimum Gasteiger partial charge on any atom is -0.396 e. The Morgan fingerprint density at radius 3 is 2.96 bits per heavy atom. The molecular formula is C18H27N3O2S. The number of hydrogen-bond acceptors (Lipinski definition) is 4. The molecule has 3 fully saturated rings. The predicted octanol–water partition coefficient (Wildman–Crippen LogP) is 3.53. The number of amides is 2. The van der Waals surface area contributed by atoms with E-state index in [1.54, 1.807) is 11.3 Å². The number of aromatic nitrogens is 1. The molecule has 4 rings (SSSR count). The van der Waals surface area contributed by atoms with E-state index in [1.807, 2.05) is 4.90 Å². The zero-order valence-corrected chi connectivity index (χ0v) is 15.1. The highest BCUT2D eigenvalue weighted by atomic mass is 32.1. The van der Waals surface area contributed by atoms with Crippen molar-refractivity contribution in [3.63, 3.8) is 0 Å². The number of aliphatic hydroxyl groups is 1. The highest BCUT2D eigenvalue weighted by Gasteiger charge is 2.41. The van der Waals surface area contributed by atoms with Crippen LogP contribution in [0, 0.1) is 23.7 Å². The molecule has 2 bridgehead atoms. The van der Waals surface area contributed by atoms with Crippen molar-refractivity contribution in [3.8, 4) is 0 Å². The Hall–Kier alpha value is -1.14. The van der Waals surface area contributed by atoms with E-state index in [9.17, 15) is 9.90 Å². The molecule has 2 aliphatic carbocycles. The quantitative estimate of drug-likeness (QED) is 0.877. The highest BCUT2D eigenvalue weighted by Crippen LogP contribution is 2.52. The van der Waals surface area contributed by atoms with E-state index >= 15 is 0 Å². The summed E-state index contributed by atoms with van der Waals surface area (Å²) < 4.78 is 0. The third-order valence-electron chi connectivity index (χ3n) is 6.15. The smallest absolute Gasteiger partial charge is 0.323 e. The monoisotopic (exact) mass is 349 g/mol. The molecule has 3 aliphatic rings. The number of hydrogen-bond donors (Lipinski definition) is 2. The van der Waals surface area contributed by atoms with Gasteiger partial charge in [0.15, 0.2) is 5.13 Å². The lowest BCUT2D eigenvalue weighted by Gasteiger charge is -2.35. The number of carbonyl (C=O) groups excluding carboxylic acids is 1. The van der Waals surface area contributed by atoms with Crippen LogP contribution >= 0.6 is 11.3 Å². The lowest BCUT2D eigenvalue weighted by Crippen LogP contribution is -2.46. The average Bonchev–Trinajstić information content (AvgIpc) is 3.30. The topological polar surface area (TPSA) is 65.5 Å². The van der Waals surface area contributed by atoms with Crippen LogP contribution in [0.3, 0.4) is 0 Å². The number of nitrogens with zero attached hydrogens (tertiary/aromatic N) is 2. The molecule has 6 heteroatoms. The Balaban J connectivity index is 1.38. The summed E-state index contributed by atoms with van der Waals surface area (Å²) >= 11 is 1.54. The van der Waals surface area contributed by atoms with Crippen LogP contribution in [0.25, 0.3) is 0 Å². The lowest BCUT2D eigenvalue weighted by molar-refractivity contribution is 0.110. The molecule has 2 amide bonds. The maximum Gasteiger partial charge on any atom is 0.323 e. The molecule has 0 spiro atoms. The number of carbonyl (C=O) groups is 1. The largest absolute Gasteiger partial charge is 0.396 e. The first-order valence-corrected chi connectivity index (χ1v) is 10.1. The second kappa shape index (κ2) is 6.64. The van der Waals surface area contributed by atoms with Crippen molar-refractivity contribution in [1.82, 2.24) is 9.88 Å². The number of thiazole rings is 1. The minimum atomic E-state index is -0.0751. The van der Waals surface area contributed by atoms with Gasteiger partial charge in [-0.3, -0.25) is 5.32 Å². The van der Waals surface area contributed by atoms with Crippen LogP contribution in [-0.4, -0.2) is 40.7 Å². The summed E-state index contributed by atoms with van der Waals surface area (Å²) in [4.78, 5) is 19.1. The standard InChI is InChI=1S/C18H27N3O2S/c1-11-4-13(9-22)8-21(7-11)18(23)20-17-19-16(10-24-17)15-6-12-2-3-14(15)5-12/h10-15,22H,2-9H2,1H3,(H,19,20,23). The summed E-state index contributed by atoms with van der Waals surface area (Å²) in [6.07, 6.45) is 6.39. The SMILES string of the molecule is CC1CC(CO)CN(C(=O)Nc2nc(C3CC4CCC3C4)cs2)C1. The molecule has 1 aliphatic heterocycles. The normalized spacial score (nSPS) is 35.4. The fourth-order valence-corrected chi connectivity index (χ4v) is 5.83. The van der Waals surface area contributed by atoms with Crippen LogP contribution in [0.4, 0.5) is 9.93 Å². The maximum absolute atomic E-state index is 12.5. The number of rotatable bonds is 3. The first kappa shape index (κ1) is 16.3. The molecule has 132 valence electrons. The number of likely N-dealkylation sites (tertiary alicyclic amines) is 1. The number of piperidine rings is 1. The Kier molecular flexibility index (Phi) is 4.52. The van der Waals surface area contributed by atoms with Crippen LogP contribution in [0.2, 0.25) is 0 Å². The fourth-order valence-electron chi connectivity index (χ4n) is 5.07. The van der Waals surface area contributed by atoms with Crippen molar-refractivity contribution < 1.29 is 9.90 Å². The van der Waals surface area contributed by atoms with E-state index in [2.05, 4.69) is 17.6 Å². The second-order valence-electron chi connectivity index (χ2n) is 8.08. The van der Waals surface area contributed by atoms with E-state index in [0.717, 1.165) is 29.9 Å². The van der Waals surface area contributed by atoms with Crippen LogP contribution < -0.4 is 5.32 Å². The Morgan fingerprint density at radius 1 is 1.38 bits per heavy atom. The molecule has 2 heterocycles. The Labute approximate surface area is 147 Å². The number of nitrogens with one attached hydrogen (secondary N) is 1. The van der Waals surface area contributed by atoms with Crippen LogP contribution in [0.1, 0.15) is 50.6 Å². The molecule has 2 N–H and O–H groups in total. The van der Waals surface area contributed by atoms with Gasteiger partial charge in [0.25, 0.3) is 0 Å². The van der Waals surface area contributed by atoms with Gasteiger partial charge in [-0.2, -0.15) is 0 Å². The molecule has 5 atom stereocenters. The summed E-state index contributed by atoms with van der Waals surface area (Å²) in [5, 5.41) is 15.2. The zero-order chi connectivity index (χ0) is 16.7. The van der Waals surface area contributed by atoms with Gasteiger partial charge in [0.2, 0.25) is 0 Å². The van der Waals surface area contributed by atoms with Crippen LogP contribution in [0.15, 0.2) is 5.38 Å². The second-order valence-corrected chi connectivity index (χ2v) is 8.94. The third kappa shape index (κ3) is 3.18. The van der Waals surface area contributed by atoms with Crippen LogP contribution in [0.5, 0.6) is 0 Å². The molecule has 24 heavy (non-hydrogen) atoms. The molecule has 1 saturated heterocycles. The van der Waals surface area contributed by atoms with E-state index < -0.39 is 0 Å². The van der Waals surface area contributed by atoms with Crippen molar-refractivity contribution in [2.75, 3.05) is 25.0 Å². The van der Waals surface area contributed by atoms with Gasteiger partial charge in [0, 0.05) is 31.0 Å². The van der Waals surface area contributed by atoms with Gasteiger partial charge in [-0.15, -0.1) is 11.3 Å². The Morgan fingerprint density at radius 2 is 2.25 bits per heavy atom. The van der Waals surface area contributed by atoms with Gasteiger partial charge in [-0.05, 0) is 49.4 Å². The molecular weight excluding hydrogens is 322 g/mol. The van der Waals surface area contributed by atoms with Crippen molar-refractivity contribution >= 4 is 22.5 Å². The molecule has 5 nitrogen and oxygen atoms in total. The number of aliphatic hydroxyl groups excluding tert-OH is 1. The lowest BCUT2D eigenvalue weighted by atomic mass is 9.87. The first-order valence-electron chi connectivity index (χ1n) is 9.24. The minimum absolute atomic E-state index is 0.0751. The van der Waals surface area contributed by atoms with Gasteiger partial charge < -0.3 is 10.0 Å². The van der Waals surface area contributed by atoms with E-state index in [4.69, 9.17) is 4.98 Å². The molecule has 2 saturated carbocycles. The van der Waals surface area contributed by atoms with Crippen molar-refractivity contribution in [2.24, 2.45) is 23.7 Å². The summed E-state index contributed by atoms with van der Waals surface area (Å²) in [5.74, 6) is 2.96. The summed E-state index contributed by atoms with van der Waals surface area (Å²) in [5.41, 5.74) is 1.18. The number of fused-ring (bicyclic) bond motifs is 2. The molecule has 5 unspecified atom stereocenters. The van der Waals surface area contributed by atoms with Gasteiger partial charge in [0.1, 0.15) is 0 Å². The third-order valence-corrected chi connectivity index (χ3v) is 6.92.